The molecule has 0 aliphatic heterocycles. The molecule has 1 amide bonds. The van der Waals surface area contributed by atoms with E-state index in [9.17, 15) is 18.0 Å². The second kappa shape index (κ2) is 7.00. The molecule has 4 nitrogen and oxygen atoms in total. The fourth-order valence-corrected chi connectivity index (χ4v) is 2.59. The number of rotatable bonds is 4. The summed E-state index contributed by atoms with van der Waals surface area (Å²) in [6, 6.07) is 5.00. The molecular weight excluding hydrogens is 299 g/mol. The lowest BCUT2D eigenvalue weighted by molar-refractivity contribution is -0.274. The van der Waals surface area contributed by atoms with Crippen LogP contribution in [0.25, 0.3) is 0 Å². The Labute approximate surface area is 126 Å². The van der Waals surface area contributed by atoms with Crippen molar-refractivity contribution >= 4 is 5.91 Å². The molecule has 1 aromatic rings. The zero-order chi connectivity index (χ0) is 16.2. The van der Waals surface area contributed by atoms with Crippen LogP contribution in [0.1, 0.15) is 36.0 Å². The summed E-state index contributed by atoms with van der Waals surface area (Å²) in [4.78, 5) is 12.1. The van der Waals surface area contributed by atoms with Crippen molar-refractivity contribution in [3.05, 3.63) is 29.8 Å². The average Bonchev–Trinajstić information content (AvgIpc) is 2.46. The topological polar surface area (TPSA) is 58.6 Å². The van der Waals surface area contributed by atoms with Crippen molar-refractivity contribution in [2.45, 2.75) is 38.1 Å². The van der Waals surface area contributed by atoms with Crippen molar-refractivity contribution in [1.82, 2.24) is 5.32 Å². The van der Waals surface area contributed by atoms with Gasteiger partial charge in [-0.2, -0.15) is 0 Å². The van der Waals surface area contributed by atoms with E-state index in [1.807, 2.05) is 0 Å². The smallest absolute Gasteiger partial charge is 0.406 e. The predicted octanol–water partition coefficient (Wildman–Crippen LogP) is 2.87. The van der Waals surface area contributed by atoms with Crippen molar-refractivity contribution in [3.8, 4) is 5.75 Å². The van der Waals surface area contributed by atoms with Crippen LogP contribution in [0.4, 0.5) is 13.2 Å². The third kappa shape index (κ3) is 4.91. The average molecular weight is 317 g/mol. The number of amides is 1. The number of hydrogen-bond acceptors (Lipinski definition) is 3. The van der Waals surface area contributed by atoms with Crippen LogP contribution in [0.15, 0.2) is 24.3 Å². The molecule has 0 heterocycles. The van der Waals surface area contributed by atoms with E-state index in [1.165, 1.54) is 12.1 Å². The lowest BCUT2D eigenvalue weighted by atomic mass is 9.86. The van der Waals surface area contributed by atoms with E-state index in [4.69, 9.17) is 5.11 Å². The second-order valence-electron chi connectivity index (χ2n) is 5.45. The maximum atomic E-state index is 12.2. The van der Waals surface area contributed by atoms with Crippen molar-refractivity contribution in [1.29, 1.82) is 0 Å². The number of nitrogens with one attached hydrogen (secondary N) is 1. The Morgan fingerprint density at radius 1 is 1.27 bits per heavy atom. The molecule has 0 spiro atoms. The molecule has 22 heavy (non-hydrogen) atoms. The molecule has 1 saturated carbocycles. The number of aliphatic hydroxyl groups excluding tert-OH is 1. The van der Waals surface area contributed by atoms with Crippen molar-refractivity contribution in [3.63, 3.8) is 0 Å². The van der Waals surface area contributed by atoms with Crippen LogP contribution in [0, 0.1) is 5.92 Å². The van der Waals surface area contributed by atoms with Crippen LogP contribution in [0.3, 0.4) is 0 Å². The highest BCUT2D eigenvalue weighted by Crippen LogP contribution is 2.25. The summed E-state index contributed by atoms with van der Waals surface area (Å²) in [5, 5.41) is 11.9. The molecule has 0 saturated heterocycles. The molecule has 2 N–H and O–H groups in total. The fourth-order valence-electron chi connectivity index (χ4n) is 2.59. The molecule has 0 atom stereocenters. The van der Waals surface area contributed by atoms with Gasteiger partial charge in [-0.1, -0.05) is 6.07 Å². The van der Waals surface area contributed by atoms with Crippen LogP contribution in [0.5, 0.6) is 5.75 Å². The Morgan fingerprint density at radius 3 is 2.55 bits per heavy atom. The van der Waals surface area contributed by atoms with E-state index < -0.39 is 18.0 Å². The Bertz CT molecular complexity index is 511. The predicted molar refractivity (Wildman–Crippen MR) is 73.4 cm³/mol. The zero-order valence-corrected chi connectivity index (χ0v) is 11.9. The molecule has 1 aliphatic carbocycles. The van der Waals surface area contributed by atoms with Crippen molar-refractivity contribution in [2.24, 2.45) is 5.92 Å². The van der Waals surface area contributed by atoms with Gasteiger partial charge in [-0.25, -0.2) is 0 Å². The van der Waals surface area contributed by atoms with Gasteiger partial charge in [0.25, 0.3) is 5.91 Å². The Balaban J connectivity index is 1.94. The van der Waals surface area contributed by atoms with Gasteiger partial charge in [-0.15, -0.1) is 13.2 Å². The van der Waals surface area contributed by atoms with Crippen molar-refractivity contribution in [2.75, 3.05) is 6.61 Å². The lowest BCUT2D eigenvalue weighted by Crippen LogP contribution is -2.38. The van der Waals surface area contributed by atoms with Gasteiger partial charge in [-0.05, 0) is 49.8 Å². The van der Waals surface area contributed by atoms with Crippen LogP contribution in [0.2, 0.25) is 0 Å². The number of benzene rings is 1. The minimum atomic E-state index is -4.78. The summed E-state index contributed by atoms with van der Waals surface area (Å²) in [6.07, 6.45) is -1.60. The van der Waals surface area contributed by atoms with Gasteiger partial charge < -0.3 is 15.2 Å². The van der Waals surface area contributed by atoms with Crippen molar-refractivity contribution < 1.29 is 27.8 Å². The van der Waals surface area contributed by atoms with Gasteiger partial charge in [0.2, 0.25) is 0 Å². The summed E-state index contributed by atoms with van der Waals surface area (Å²) in [7, 11) is 0. The minimum absolute atomic E-state index is 0.0116. The van der Waals surface area contributed by atoms with Crippen LogP contribution in [-0.4, -0.2) is 30.0 Å². The van der Waals surface area contributed by atoms with E-state index >= 15 is 0 Å². The first kappa shape index (κ1) is 16.6. The summed E-state index contributed by atoms with van der Waals surface area (Å²) < 4.78 is 40.3. The number of hydrogen-bond donors (Lipinski definition) is 2. The molecule has 0 aromatic heterocycles. The molecule has 0 radical (unpaired) electrons. The van der Waals surface area contributed by atoms with Gasteiger partial charge in [0.1, 0.15) is 5.75 Å². The van der Waals surface area contributed by atoms with Gasteiger partial charge in [0, 0.05) is 18.2 Å². The Hall–Kier alpha value is -1.76. The van der Waals surface area contributed by atoms with E-state index in [2.05, 4.69) is 10.1 Å². The molecule has 2 rings (SSSR count). The standard InChI is InChI=1S/C15H18F3NO3/c16-15(17,18)22-13-3-1-2-11(8-13)14(21)19-12-6-4-10(9-20)5-7-12/h1-3,8,10,12,20H,4-7,9H2,(H,19,21). The van der Waals surface area contributed by atoms with Gasteiger partial charge >= 0.3 is 6.36 Å². The monoisotopic (exact) mass is 317 g/mol. The SMILES string of the molecule is O=C(NC1CCC(CO)CC1)c1cccc(OC(F)(F)F)c1. The van der Waals surface area contributed by atoms with Crippen LogP contribution >= 0.6 is 0 Å². The maximum absolute atomic E-state index is 12.2. The molecule has 1 aromatic carbocycles. The number of ether oxygens (including phenoxy) is 1. The minimum Gasteiger partial charge on any atom is -0.406 e. The number of carbonyl (C=O) groups excluding carboxylic acids is 1. The van der Waals surface area contributed by atoms with Crippen LogP contribution in [-0.2, 0) is 0 Å². The summed E-state index contributed by atoms with van der Waals surface area (Å²) in [5.41, 5.74) is 0.131. The first-order valence-corrected chi connectivity index (χ1v) is 7.15. The summed E-state index contributed by atoms with van der Waals surface area (Å²) in [5.74, 6) is -0.555. The van der Waals surface area contributed by atoms with E-state index in [-0.39, 0.29) is 24.1 Å². The first-order valence-electron chi connectivity index (χ1n) is 7.15. The second-order valence-corrected chi connectivity index (χ2v) is 5.45. The van der Waals surface area contributed by atoms with Crippen LogP contribution < -0.4 is 10.1 Å². The largest absolute Gasteiger partial charge is 0.573 e. The van der Waals surface area contributed by atoms with Gasteiger partial charge in [0.15, 0.2) is 0 Å². The van der Waals surface area contributed by atoms with E-state index in [0.717, 1.165) is 37.8 Å². The Kier molecular flexibility index (Phi) is 5.28. The van der Waals surface area contributed by atoms with Gasteiger partial charge in [0.05, 0.1) is 0 Å². The molecule has 1 aliphatic rings. The number of aliphatic hydroxyl groups is 1. The molecule has 0 bridgehead atoms. The molecular formula is C15H18F3NO3. The number of carbonyl (C=O) groups is 1. The number of alkyl halides is 3. The Morgan fingerprint density at radius 2 is 1.95 bits per heavy atom. The van der Waals surface area contributed by atoms with E-state index in [0.29, 0.717) is 0 Å². The highest BCUT2D eigenvalue weighted by Gasteiger charge is 2.31. The molecule has 7 heteroatoms. The summed E-state index contributed by atoms with van der Waals surface area (Å²) >= 11 is 0. The highest BCUT2D eigenvalue weighted by atomic mass is 19.4. The third-order valence-electron chi connectivity index (χ3n) is 3.77. The normalized spacial score (nSPS) is 22.2. The lowest BCUT2D eigenvalue weighted by Gasteiger charge is -2.28. The van der Waals surface area contributed by atoms with Gasteiger partial charge in [-0.3, -0.25) is 4.79 Å². The fraction of sp³-hybridized carbons (Fsp3) is 0.533. The third-order valence-corrected chi connectivity index (χ3v) is 3.77. The zero-order valence-electron chi connectivity index (χ0n) is 11.9. The molecule has 122 valence electrons. The highest BCUT2D eigenvalue weighted by molar-refractivity contribution is 5.94. The quantitative estimate of drug-likeness (QED) is 0.898. The first-order chi connectivity index (χ1) is 10.4. The summed E-state index contributed by atoms with van der Waals surface area (Å²) in [6.45, 7) is 0.150. The molecule has 1 fully saturated rings. The van der Waals surface area contributed by atoms with E-state index in [1.54, 1.807) is 0 Å². The number of halogens is 3. The molecule has 0 unspecified atom stereocenters. The maximum Gasteiger partial charge on any atom is 0.573 e.